The van der Waals surface area contributed by atoms with E-state index in [2.05, 4.69) is 19.6 Å². The van der Waals surface area contributed by atoms with Gasteiger partial charge >= 0.3 is 0 Å². The van der Waals surface area contributed by atoms with Crippen LogP contribution in [0.25, 0.3) is 0 Å². The largest absolute Gasteiger partial charge is 0.378 e. The van der Waals surface area contributed by atoms with Crippen LogP contribution in [-0.2, 0) is 4.74 Å². The topological polar surface area (TPSA) is 9.23 Å². The summed E-state index contributed by atoms with van der Waals surface area (Å²) in [5, 5.41) is 0. The van der Waals surface area contributed by atoms with Gasteiger partial charge in [0.25, 0.3) is 0 Å². The first-order chi connectivity index (χ1) is 13.9. The predicted molar refractivity (Wildman–Crippen MR) is 130 cm³/mol. The van der Waals surface area contributed by atoms with E-state index >= 15 is 0 Å². The van der Waals surface area contributed by atoms with Crippen LogP contribution >= 0.6 is 12.6 Å². The van der Waals surface area contributed by atoms with Gasteiger partial charge in [0.1, 0.15) is 0 Å². The van der Waals surface area contributed by atoms with E-state index in [4.69, 9.17) is 4.74 Å². The van der Waals surface area contributed by atoms with E-state index in [9.17, 15) is 0 Å². The fourth-order valence-electron chi connectivity index (χ4n) is 4.67. The maximum absolute atomic E-state index is 6.11. The van der Waals surface area contributed by atoms with E-state index in [1.807, 2.05) is 0 Å². The molecular formula is C26H52OS. The van der Waals surface area contributed by atoms with Crippen LogP contribution in [0.15, 0.2) is 0 Å². The zero-order valence-corrected chi connectivity index (χ0v) is 20.2. The maximum Gasteiger partial charge on any atom is 0.0575 e. The third-order valence-corrected chi connectivity index (χ3v) is 6.94. The minimum absolute atomic E-state index is 0.563. The molecule has 0 unspecified atom stereocenters. The molecule has 0 aromatic heterocycles. The molecule has 1 fully saturated rings. The van der Waals surface area contributed by atoms with Gasteiger partial charge in [-0.25, -0.2) is 0 Å². The number of hydrogen-bond donors (Lipinski definition) is 1. The van der Waals surface area contributed by atoms with Crippen LogP contribution in [0, 0.1) is 5.92 Å². The Labute approximate surface area is 183 Å². The van der Waals surface area contributed by atoms with Crippen molar-refractivity contribution in [3.05, 3.63) is 0 Å². The SMILES string of the molecule is CCCCCCCCCCCCCCCCCCOC1CCC(CCS)CC1. The van der Waals surface area contributed by atoms with E-state index in [0.717, 1.165) is 18.3 Å². The first-order valence-corrected chi connectivity index (χ1v) is 13.7. The first-order valence-electron chi connectivity index (χ1n) is 13.1. The molecule has 28 heavy (non-hydrogen) atoms. The molecule has 0 heterocycles. The van der Waals surface area contributed by atoms with Gasteiger partial charge in [-0.15, -0.1) is 0 Å². The summed E-state index contributed by atoms with van der Waals surface area (Å²) in [6.07, 6.45) is 30.1. The zero-order valence-electron chi connectivity index (χ0n) is 19.3. The number of ether oxygens (including phenoxy) is 1. The summed E-state index contributed by atoms with van der Waals surface area (Å²) in [6, 6.07) is 0. The molecular weight excluding hydrogens is 360 g/mol. The summed E-state index contributed by atoms with van der Waals surface area (Å²) in [6.45, 7) is 3.30. The average Bonchev–Trinajstić information content (AvgIpc) is 2.72. The molecule has 1 aliphatic rings. The van der Waals surface area contributed by atoms with Crippen LogP contribution in [0.3, 0.4) is 0 Å². The van der Waals surface area contributed by atoms with Gasteiger partial charge in [0.05, 0.1) is 6.10 Å². The van der Waals surface area contributed by atoms with Crippen LogP contribution in [0.2, 0.25) is 0 Å². The standard InChI is InChI=1S/C26H52OS/c1-2-3-4-5-6-7-8-9-10-11-12-13-14-15-16-17-23-27-26-20-18-25(19-21-26)22-24-28/h25-26,28H,2-24H2,1H3. The number of hydrogen-bond acceptors (Lipinski definition) is 2. The molecule has 2 heteroatoms. The molecule has 0 aliphatic heterocycles. The van der Waals surface area contributed by atoms with Crippen LogP contribution in [0.5, 0.6) is 0 Å². The zero-order chi connectivity index (χ0) is 20.1. The Hall–Kier alpha value is 0.310. The molecule has 0 amide bonds. The molecule has 1 saturated carbocycles. The maximum atomic E-state index is 6.11. The summed E-state index contributed by atoms with van der Waals surface area (Å²) < 4.78 is 6.11. The van der Waals surface area contributed by atoms with Crippen LogP contribution in [0.4, 0.5) is 0 Å². The van der Waals surface area contributed by atoms with Crippen molar-refractivity contribution in [2.24, 2.45) is 5.92 Å². The van der Waals surface area contributed by atoms with Crippen molar-refractivity contribution >= 4 is 12.6 Å². The van der Waals surface area contributed by atoms with Crippen molar-refractivity contribution in [2.45, 2.75) is 148 Å². The van der Waals surface area contributed by atoms with E-state index in [1.54, 1.807) is 0 Å². The van der Waals surface area contributed by atoms with Crippen LogP contribution < -0.4 is 0 Å². The highest BCUT2D eigenvalue weighted by molar-refractivity contribution is 7.80. The third-order valence-electron chi connectivity index (χ3n) is 6.68. The predicted octanol–water partition coefficient (Wildman–Crippen LogP) is 9.14. The summed E-state index contributed by atoms with van der Waals surface area (Å²) in [5.74, 6) is 1.97. The Bertz CT molecular complexity index is 299. The van der Waals surface area contributed by atoms with Gasteiger partial charge in [-0.2, -0.15) is 12.6 Å². The van der Waals surface area contributed by atoms with E-state index in [-0.39, 0.29) is 0 Å². The van der Waals surface area contributed by atoms with Crippen LogP contribution in [0.1, 0.15) is 142 Å². The summed E-state index contributed by atoms with van der Waals surface area (Å²) in [4.78, 5) is 0. The van der Waals surface area contributed by atoms with Gasteiger partial charge < -0.3 is 4.74 Å². The van der Waals surface area contributed by atoms with Gasteiger partial charge in [-0.05, 0) is 50.2 Å². The van der Waals surface area contributed by atoms with E-state index in [1.165, 1.54) is 135 Å². The van der Waals surface area contributed by atoms with Gasteiger partial charge in [-0.3, -0.25) is 0 Å². The second-order valence-electron chi connectivity index (χ2n) is 9.33. The molecule has 0 aromatic rings. The van der Waals surface area contributed by atoms with E-state index < -0.39 is 0 Å². The van der Waals surface area contributed by atoms with Gasteiger partial charge in [0.15, 0.2) is 0 Å². The number of unbranched alkanes of at least 4 members (excludes halogenated alkanes) is 15. The smallest absolute Gasteiger partial charge is 0.0575 e. The lowest BCUT2D eigenvalue weighted by molar-refractivity contribution is 0.0159. The fraction of sp³-hybridized carbons (Fsp3) is 1.00. The molecule has 1 rings (SSSR count). The number of thiol groups is 1. The highest BCUT2D eigenvalue weighted by Crippen LogP contribution is 2.28. The summed E-state index contributed by atoms with van der Waals surface area (Å²) >= 11 is 4.37. The van der Waals surface area contributed by atoms with Gasteiger partial charge in [0, 0.05) is 6.61 Å². The van der Waals surface area contributed by atoms with Crippen molar-refractivity contribution in [2.75, 3.05) is 12.4 Å². The Morgan fingerprint density at radius 1 is 0.607 bits per heavy atom. The highest BCUT2D eigenvalue weighted by atomic mass is 32.1. The highest BCUT2D eigenvalue weighted by Gasteiger charge is 2.20. The fourth-order valence-corrected chi connectivity index (χ4v) is 5.04. The van der Waals surface area contributed by atoms with Gasteiger partial charge in [-0.1, -0.05) is 103 Å². The van der Waals surface area contributed by atoms with Crippen molar-refractivity contribution < 1.29 is 4.74 Å². The second-order valence-corrected chi connectivity index (χ2v) is 9.78. The molecule has 0 radical (unpaired) electrons. The molecule has 0 aromatic carbocycles. The van der Waals surface area contributed by atoms with Crippen molar-refractivity contribution in [3.63, 3.8) is 0 Å². The number of rotatable bonds is 20. The second kappa shape index (κ2) is 20.6. The average molecular weight is 413 g/mol. The third kappa shape index (κ3) is 16.1. The normalized spacial score (nSPS) is 19.9. The van der Waals surface area contributed by atoms with E-state index in [0.29, 0.717) is 6.10 Å². The molecule has 0 N–H and O–H groups in total. The van der Waals surface area contributed by atoms with Gasteiger partial charge in [0.2, 0.25) is 0 Å². The minimum atomic E-state index is 0.563. The molecule has 1 aliphatic carbocycles. The molecule has 168 valence electrons. The quantitative estimate of drug-likeness (QED) is 0.155. The molecule has 0 spiro atoms. The molecule has 0 saturated heterocycles. The molecule has 0 bridgehead atoms. The lowest BCUT2D eigenvalue weighted by Crippen LogP contribution is -2.22. The van der Waals surface area contributed by atoms with Crippen molar-refractivity contribution in [1.82, 2.24) is 0 Å². The molecule has 0 atom stereocenters. The summed E-state index contributed by atoms with van der Waals surface area (Å²) in [5.41, 5.74) is 0. The van der Waals surface area contributed by atoms with Crippen molar-refractivity contribution in [1.29, 1.82) is 0 Å². The molecule has 1 nitrogen and oxygen atoms in total. The Morgan fingerprint density at radius 2 is 1.04 bits per heavy atom. The Morgan fingerprint density at radius 3 is 1.46 bits per heavy atom. The summed E-state index contributed by atoms with van der Waals surface area (Å²) in [7, 11) is 0. The Kier molecular flexibility index (Phi) is 19.4. The Balaban J connectivity index is 1.70. The van der Waals surface area contributed by atoms with Crippen LogP contribution in [-0.4, -0.2) is 18.5 Å². The van der Waals surface area contributed by atoms with Crippen molar-refractivity contribution in [3.8, 4) is 0 Å². The monoisotopic (exact) mass is 412 g/mol. The lowest BCUT2D eigenvalue weighted by Gasteiger charge is -2.28. The minimum Gasteiger partial charge on any atom is -0.378 e. The lowest BCUT2D eigenvalue weighted by atomic mass is 9.86. The first kappa shape index (κ1) is 26.3.